The van der Waals surface area contributed by atoms with E-state index in [9.17, 15) is 4.79 Å². The van der Waals surface area contributed by atoms with E-state index in [0.717, 1.165) is 31.1 Å². The molecule has 0 bridgehead atoms. The van der Waals surface area contributed by atoms with Crippen LogP contribution < -0.4 is 15.5 Å². The van der Waals surface area contributed by atoms with E-state index in [1.165, 1.54) is 0 Å². The van der Waals surface area contributed by atoms with E-state index < -0.39 is 0 Å². The van der Waals surface area contributed by atoms with Crippen molar-refractivity contribution in [1.29, 1.82) is 0 Å². The normalized spacial score (nSPS) is 16.8. The molecule has 1 amide bonds. The second kappa shape index (κ2) is 9.24. The maximum absolute atomic E-state index is 11.7. The third-order valence-electron chi connectivity index (χ3n) is 4.14. The number of nitrogens with zero attached hydrogens (tertiary/aromatic N) is 4. The fourth-order valence-electron chi connectivity index (χ4n) is 2.74. The van der Waals surface area contributed by atoms with E-state index in [1.54, 1.807) is 12.1 Å². The second-order valence-electron chi connectivity index (χ2n) is 6.29. The van der Waals surface area contributed by atoms with Gasteiger partial charge in [-0.05, 0) is 30.7 Å². The molecule has 9 heteroatoms. The molecule has 0 spiro atoms. The highest BCUT2D eigenvalue weighted by Gasteiger charge is 2.17. The van der Waals surface area contributed by atoms with Crippen LogP contribution in [0.25, 0.3) is 0 Å². The fourth-order valence-corrected chi connectivity index (χ4v) is 2.74. The van der Waals surface area contributed by atoms with Gasteiger partial charge in [0.1, 0.15) is 11.6 Å². The Balaban J connectivity index is 1.51. The summed E-state index contributed by atoms with van der Waals surface area (Å²) in [5.74, 6) is 1.16. The Kier molecular flexibility index (Phi) is 6.50. The predicted octanol–water partition coefficient (Wildman–Crippen LogP) is 0.431. The van der Waals surface area contributed by atoms with Crippen LogP contribution in [0.2, 0.25) is 0 Å². The molecular weight excluding hydrogens is 348 g/mol. The molecule has 1 aliphatic heterocycles. The van der Waals surface area contributed by atoms with Crippen molar-refractivity contribution in [3.05, 3.63) is 41.7 Å². The summed E-state index contributed by atoms with van der Waals surface area (Å²) in [7, 11) is 0. The van der Waals surface area contributed by atoms with E-state index in [0.29, 0.717) is 12.4 Å². The highest BCUT2D eigenvalue weighted by Crippen LogP contribution is 2.16. The molecule has 1 unspecified atom stereocenters. The zero-order valence-electron chi connectivity index (χ0n) is 15.3. The van der Waals surface area contributed by atoms with Crippen LogP contribution in [-0.2, 0) is 11.3 Å². The summed E-state index contributed by atoms with van der Waals surface area (Å²) < 4.78 is 5.55. The Morgan fingerprint density at radius 1 is 1.33 bits per heavy atom. The molecule has 3 N–H and O–H groups in total. The number of pyridine rings is 1. The molecule has 1 fully saturated rings. The Labute approximate surface area is 157 Å². The maximum Gasteiger partial charge on any atom is 0.271 e. The van der Waals surface area contributed by atoms with Crippen LogP contribution >= 0.6 is 0 Å². The summed E-state index contributed by atoms with van der Waals surface area (Å²) in [4.78, 5) is 18.5. The van der Waals surface area contributed by atoms with Gasteiger partial charge in [-0.25, -0.2) is 4.98 Å². The first-order valence-corrected chi connectivity index (χ1v) is 8.94. The quantitative estimate of drug-likeness (QED) is 0.641. The largest absolute Gasteiger partial charge is 0.395 e. The van der Waals surface area contributed by atoms with Crippen molar-refractivity contribution in [1.82, 2.24) is 20.5 Å². The molecular formula is C18H24N6O3. The topological polar surface area (TPSA) is 113 Å². The number of hydrogen-bond donors (Lipinski definition) is 3. The lowest BCUT2D eigenvalue weighted by atomic mass is 10.2. The van der Waals surface area contributed by atoms with Gasteiger partial charge in [-0.3, -0.25) is 4.79 Å². The third-order valence-corrected chi connectivity index (χ3v) is 4.14. The summed E-state index contributed by atoms with van der Waals surface area (Å²) in [5, 5.41) is 22.3. The first kappa shape index (κ1) is 19.0. The van der Waals surface area contributed by atoms with Gasteiger partial charge >= 0.3 is 0 Å². The molecule has 0 aromatic carbocycles. The Morgan fingerprint density at radius 3 is 2.89 bits per heavy atom. The van der Waals surface area contributed by atoms with Crippen molar-refractivity contribution >= 4 is 17.5 Å². The predicted molar refractivity (Wildman–Crippen MR) is 101 cm³/mol. The minimum absolute atomic E-state index is 0.115. The molecule has 0 aliphatic carbocycles. The Hall–Kier alpha value is -2.78. The lowest BCUT2D eigenvalue weighted by molar-refractivity contribution is 0.0529. The van der Waals surface area contributed by atoms with Crippen LogP contribution in [0.1, 0.15) is 23.0 Å². The van der Waals surface area contributed by atoms with Crippen molar-refractivity contribution < 1.29 is 14.6 Å². The van der Waals surface area contributed by atoms with Crippen LogP contribution in [0.4, 0.5) is 11.6 Å². The minimum Gasteiger partial charge on any atom is -0.395 e. The monoisotopic (exact) mass is 372 g/mol. The number of amides is 1. The molecule has 3 rings (SSSR count). The lowest BCUT2D eigenvalue weighted by Gasteiger charge is -2.32. The number of aromatic nitrogens is 3. The highest BCUT2D eigenvalue weighted by atomic mass is 16.5. The second-order valence-corrected chi connectivity index (χ2v) is 6.29. The minimum atomic E-state index is -0.361. The summed E-state index contributed by atoms with van der Waals surface area (Å²) in [5.41, 5.74) is 1.23. The van der Waals surface area contributed by atoms with Crippen molar-refractivity contribution in [3.8, 4) is 0 Å². The van der Waals surface area contributed by atoms with E-state index in [4.69, 9.17) is 9.84 Å². The number of hydrogen-bond acceptors (Lipinski definition) is 8. The average Bonchev–Trinajstić information content (AvgIpc) is 2.71. The summed E-state index contributed by atoms with van der Waals surface area (Å²) >= 11 is 0. The van der Waals surface area contributed by atoms with Gasteiger partial charge in [0.05, 0.1) is 19.3 Å². The van der Waals surface area contributed by atoms with E-state index >= 15 is 0 Å². The lowest BCUT2D eigenvalue weighted by Crippen LogP contribution is -2.41. The smallest absolute Gasteiger partial charge is 0.271 e. The maximum atomic E-state index is 11.7. The molecule has 0 saturated carbocycles. The third kappa shape index (κ3) is 5.35. The van der Waals surface area contributed by atoms with Gasteiger partial charge in [0.25, 0.3) is 5.91 Å². The molecule has 1 aliphatic rings. The van der Waals surface area contributed by atoms with Crippen molar-refractivity contribution in [2.24, 2.45) is 0 Å². The van der Waals surface area contributed by atoms with Gasteiger partial charge in [0.15, 0.2) is 5.69 Å². The van der Waals surface area contributed by atoms with Crippen LogP contribution in [0.5, 0.6) is 0 Å². The summed E-state index contributed by atoms with van der Waals surface area (Å²) in [6.07, 6.45) is 2.06. The van der Waals surface area contributed by atoms with Gasteiger partial charge in [0, 0.05) is 32.4 Å². The highest BCUT2D eigenvalue weighted by molar-refractivity contribution is 5.92. The average molecular weight is 372 g/mol. The van der Waals surface area contributed by atoms with Crippen LogP contribution in [-0.4, -0.2) is 65.1 Å². The van der Waals surface area contributed by atoms with E-state index in [1.807, 2.05) is 18.3 Å². The van der Waals surface area contributed by atoms with Gasteiger partial charge in [-0.15, -0.1) is 10.2 Å². The number of aliphatic hydroxyl groups is 1. The molecule has 0 radical (unpaired) electrons. The number of carbonyl (C=O) groups is 1. The van der Waals surface area contributed by atoms with Gasteiger partial charge in [-0.1, -0.05) is 6.07 Å². The number of ether oxygens (including phenoxy) is 1. The summed E-state index contributed by atoms with van der Waals surface area (Å²) in [6, 6.07) is 7.32. The number of nitrogens with one attached hydrogen (secondary N) is 2. The number of morpholine rings is 1. The van der Waals surface area contributed by atoms with Crippen molar-refractivity contribution in [3.63, 3.8) is 0 Å². The number of aliphatic hydroxyl groups excluding tert-OH is 1. The molecule has 2 aromatic heterocycles. The van der Waals surface area contributed by atoms with Gasteiger partial charge in [0.2, 0.25) is 0 Å². The number of carbonyl (C=O) groups excluding carboxylic acids is 1. The van der Waals surface area contributed by atoms with Crippen molar-refractivity contribution in [2.75, 3.05) is 43.1 Å². The SMILES string of the molecule is CC1CN(c2ccc(CNc3ccc(C(=O)NCCO)nn3)cn2)CCO1. The zero-order valence-corrected chi connectivity index (χ0v) is 15.3. The van der Waals surface area contributed by atoms with Gasteiger partial charge in [-0.2, -0.15) is 0 Å². The molecule has 1 saturated heterocycles. The molecule has 2 aromatic rings. The zero-order chi connectivity index (χ0) is 19.1. The van der Waals surface area contributed by atoms with Crippen LogP contribution in [0, 0.1) is 0 Å². The van der Waals surface area contributed by atoms with Crippen LogP contribution in [0.15, 0.2) is 30.5 Å². The van der Waals surface area contributed by atoms with Gasteiger partial charge < -0.3 is 25.4 Å². The molecule has 3 heterocycles. The Morgan fingerprint density at radius 2 is 2.22 bits per heavy atom. The molecule has 144 valence electrons. The first-order chi connectivity index (χ1) is 13.2. The molecule has 1 atom stereocenters. The first-order valence-electron chi connectivity index (χ1n) is 8.94. The number of anilines is 2. The van der Waals surface area contributed by atoms with E-state index in [-0.39, 0.29) is 30.9 Å². The Bertz CT molecular complexity index is 738. The summed E-state index contributed by atoms with van der Waals surface area (Å²) in [6.45, 7) is 5.10. The van der Waals surface area contributed by atoms with Crippen LogP contribution in [0.3, 0.4) is 0 Å². The van der Waals surface area contributed by atoms with Crippen molar-refractivity contribution in [2.45, 2.75) is 19.6 Å². The van der Waals surface area contributed by atoms with E-state index in [2.05, 4.69) is 37.6 Å². The fraction of sp³-hybridized carbons (Fsp3) is 0.444. The number of rotatable bonds is 7. The standard InChI is InChI=1S/C18H24N6O3/c1-13-12-24(7-9-27-13)17-5-2-14(11-21-17)10-20-16-4-3-15(22-23-16)18(26)19-6-8-25/h2-5,11,13,25H,6-10,12H2,1H3,(H,19,26)(H,20,23). The molecule has 27 heavy (non-hydrogen) atoms. The molecule has 9 nitrogen and oxygen atoms in total.